The van der Waals surface area contributed by atoms with Gasteiger partial charge < -0.3 is 15.2 Å². The molecule has 1 aromatic rings. The van der Waals surface area contributed by atoms with Crippen molar-refractivity contribution in [2.24, 2.45) is 5.73 Å². The average Bonchev–Trinajstić information content (AvgIpc) is 2.44. The molecule has 0 amide bonds. The van der Waals surface area contributed by atoms with Crippen LogP contribution in [0, 0.1) is 5.82 Å². The minimum Gasteiger partial charge on any atom is -0.465 e. The summed E-state index contributed by atoms with van der Waals surface area (Å²) in [6.07, 6.45) is 0.133. The van der Waals surface area contributed by atoms with Crippen LogP contribution < -0.4 is 5.73 Å². The predicted octanol–water partition coefficient (Wildman–Crippen LogP) is 2.01. The lowest BCUT2D eigenvalue weighted by atomic mass is 9.76. The number of carbonyl (C=O) groups is 1. The summed E-state index contributed by atoms with van der Waals surface area (Å²) in [6.45, 7) is 3.84. The van der Waals surface area contributed by atoms with Gasteiger partial charge in [-0.1, -0.05) is 12.1 Å². The van der Waals surface area contributed by atoms with E-state index in [0.717, 1.165) is 0 Å². The number of halogens is 1. The van der Waals surface area contributed by atoms with Gasteiger partial charge in [0.25, 0.3) is 0 Å². The van der Waals surface area contributed by atoms with E-state index in [9.17, 15) is 9.18 Å². The Balaban J connectivity index is 3.26. The number of rotatable bonds is 7. The van der Waals surface area contributed by atoms with Gasteiger partial charge in [-0.25, -0.2) is 4.39 Å². The van der Waals surface area contributed by atoms with Crippen LogP contribution in [-0.4, -0.2) is 32.3 Å². The molecule has 2 atom stereocenters. The molecule has 20 heavy (non-hydrogen) atoms. The third-order valence-electron chi connectivity index (χ3n) is 3.43. The number of hydrogen-bond donors (Lipinski definition) is 1. The van der Waals surface area contributed by atoms with Crippen molar-refractivity contribution in [3.63, 3.8) is 0 Å². The molecule has 112 valence electrons. The molecule has 0 aromatic heterocycles. The first kappa shape index (κ1) is 16.6. The molecule has 1 rings (SSSR count). The summed E-state index contributed by atoms with van der Waals surface area (Å²) in [6, 6.07) is 5.91. The van der Waals surface area contributed by atoms with Crippen LogP contribution in [0.15, 0.2) is 24.3 Å². The van der Waals surface area contributed by atoms with Crippen molar-refractivity contribution in [2.45, 2.75) is 31.8 Å². The van der Waals surface area contributed by atoms with Crippen molar-refractivity contribution in [3.05, 3.63) is 35.6 Å². The fourth-order valence-corrected chi connectivity index (χ4v) is 2.23. The predicted molar refractivity (Wildman–Crippen MR) is 74.9 cm³/mol. The highest BCUT2D eigenvalue weighted by Crippen LogP contribution is 2.31. The van der Waals surface area contributed by atoms with Crippen LogP contribution in [0.3, 0.4) is 0 Å². The smallest absolute Gasteiger partial charge is 0.317 e. The van der Waals surface area contributed by atoms with Gasteiger partial charge in [0, 0.05) is 13.7 Å². The van der Waals surface area contributed by atoms with Gasteiger partial charge in [0.05, 0.1) is 12.7 Å². The minimum absolute atomic E-state index is 0.0307. The largest absolute Gasteiger partial charge is 0.465 e. The number of nitrogens with two attached hydrogens (primary N) is 1. The Hall–Kier alpha value is -1.46. The molecule has 0 radical (unpaired) electrons. The van der Waals surface area contributed by atoms with E-state index < -0.39 is 17.2 Å². The molecular formula is C15H22FNO3. The zero-order chi connectivity index (χ0) is 15.2. The summed E-state index contributed by atoms with van der Waals surface area (Å²) in [4.78, 5) is 12.4. The van der Waals surface area contributed by atoms with Crippen LogP contribution >= 0.6 is 0 Å². The van der Waals surface area contributed by atoms with Crippen molar-refractivity contribution < 1.29 is 18.7 Å². The first-order valence-electron chi connectivity index (χ1n) is 6.66. The quantitative estimate of drug-likeness (QED) is 0.778. The molecule has 0 saturated carbocycles. The molecule has 0 fully saturated rings. The fourth-order valence-electron chi connectivity index (χ4n) is 2.23. The maximum Gasteiger partial charge on any atom is 0.317 e. The summed E-state index contributed by atoms with van der Waals surface area (Å²) >= 11 is 0. The van der Waals surface area contributed by atoms with Crippen LogP contribution in [0.1, 0.15) is 25.8 Å². The molecule has 0 heterocycles. The number of carbonyl (C=O) groups excluding carboxylic acids is 1. The number of ether oxygens (including phenoxy) is 2. The summed E-state index contributed by atoms with van der Waals surface area (Å²) in [5.74, 6) is -0.855. The van der Waals surface area contributed by atoms with Crippen LogP contribution in [-0.2, 0) is 19.7 Å². The second-order valence-electron chi connectivity index (χ2n) is 4.77. The van der Waals surface area contributed by atoms with E-state index in [1.54, 1.807) is 26.2 Å². The van der Waals surface area contributed by atoms with Gasteiger partial charge in [0.15, 0.2) is 0 Å². The molecule has 0 bridgehead atoms. The second kappa shape index (κ2) is 7.36. The molecule has 1 aromatic carbocycles. The summed E-state index contributed by atoms with van der Waals surface area (Å²) < 4.78 is 23.8. The topological polar surface area (TPSA) is 61.5 Å². The highest BCUT2D eigenvalue weighted by atomic mass is 19.1. The molecule has 0 aliphatic carbocycles. The van der Waals surface area contributed by atoms with Crippen molar-refractivity contribution in [1.29, 1.82) is 0 Å². The highest BCUT2D eigenvalue weighted by Gasteiger charge is 2.42. The SMILES string of the molecule is CCOC(=O)C(CN)(CC(C)OC)c1cccc(F)c1. The Kier molecular flexibility index (Phi) is 6.10. The van der Waals surface area contributed by atoms with Crippen LogP contribution in [0.2, 0.25) is 0 Å². The molecule has 0 aliphatic rings. The molecule has 4 nitrogen and oxygen atoms in total. The molecule has 0 aliphatic heterocycles. The first-order valence-corrected chi connectivity index (χ1v) is 6.66. The van der Waals surface area contributed by atoms with E-state index in [4.69, 9.17) is 15.2 Å². The molecule has 0 saturated heterocycles. The van der Waals surface area contributed by atoms with Gasteiger partial charge in [-0.15, -0.1) is 0 Å². The average molecular weight is 283 g/mol. The summed E-state index contributed by atoms with van der Waals surface area (Å²) in [5, 5.41) is 0. The second-order valence-corrected chi connectivity index (χ2v) is 4.77. The highest BCUT2D eigenvalue weighted by molar-refractivity contribution is 5.83. The molecular weight excluding hydrogens is 261 g/mol. The summed E-state index contributed by atoms with van der Waals surface area (Å²) in [7, 11) is 1.56. The normalized spacial score (nSPS) is 15.4. The Morgan fingerprint density at radius 2 is 2.20 bits per heavy atom. The monoisotopic (exact) mass is 283 g/mol. The molecule has 0 spiro atoms. The third kappa shape index (κ3) is 3.55. The van der Waals surface area contributed by atoms with E-state index >= 15 is 0 Å². The third-order valence-corrected chi connectivity index (χ3v) is 3.43. The maximum absolute atomic E-state index is 13.5. The van der Waals surface area contributed by atoms with Gasteiger partial charge in [-0.05, 0) is 38.0 Å². The van der Waals surface area contributed by atoms with E-state index in [1.165, 1.54) is 12.1 Å². The Bertz CT molecular complexity index is 452. The van der Waals surface area contributed by atoms with Gasteiger partial charge in [0.2, 0.25) is 0 Å². The van der Waals surface area contributed by atoms with E-state index in [2.05, 4.69) is 0 Å². The van der Waals surface area contributed by atoms with Gasteiger partial charge in [-0.3, -0.25) is 4.79 Å². The van der Waals surface area contributed by atoms with E-state index in [0.29, 0.717) is 12.0 Å². The van der Waals surface area contributed by atoms with Gasteiger partial charge in [0.1, 0.15) is 11.2 Å². The lowest BCUT2D eigenvalue weighted by Crippen LogP contribution is -2.46. The molecule has 5 heteroatoms. The zero-order valence-corrected chi connectivity index (χ0v) is 12.2. The van der Waals surface area contributed by atoms with Gasteiger partial charge >= 0.3 is 5.97 Å². The molecule has 2 unspecified atom stereocenters. The van der Waals surface area contributed by atoms with Crippen molar-refractivity contribution in [3.8, 4) is 0 Å². The standard InChI is InChI=1S/C15H22FNO3/c1-4-20-14(18)15(10-17,9-11(2)19-3)12-6-5-7-13(16)8-12/h5-8,11H,4,9-10,17H2,1-3H3. The Morgan fingerprint density at radius 1 is 1.50 bits per heavy atom. The maximum atomic E-state index is 13.5. The first-order chi connectivity index (χ1) is 9.50. The molecule has 2 N–H and O–H groups in total. The van der Waals surface area contributed by atoms with Crippen LogP contribution in [0.5, 0.6) is 0 Å². The lowest BCUT2D eigenvalue weighted by Gasteiger charge is -2.32. The lowest BCUT2D eigenvalue weighted by molar-refractivity contribution is -0.151. The Morgan fingerprint density at radius 3 is 2.70 bits per heavy atom. The van der Waals surface area contributed by atoms with Crippen molar-refractivity contribution >= 4 is 5.97 Å². The van der Waals surface area contributed by atoms with Crippen LogP contribution in [0.4, 0.5) is 4.39 Å². The van der Waals surface area contributed by atoms with Gasteiger partial charge in [-0.2, -0.15) is 0 Å². The van der Waals surface area contributed by atoms with Crippen molar-refractivity contribution in [1.82, 2.24) is 0 Å². The van der Waals surface area contributed by atoms with E-state index in [-0.39, 0.29) is 19.3 Å². The Labute approximate surface area is 119 Å². The minimum atomic E-state index is -1.09. The summed E-state index contributed by atoms with van der Waals surface area (Å²) in [5.41, 5.74) is 5.27. The van der Waals surface area contributed by atoms with E-state index in [1.807, 2.05) is 6.92 Å². The number of benzene rings is 1. The van der Waals surface area contributed by atoms with Crippen LogP contribution in [0.25, 0.3) is 0 Å². The number of hydrogen-bond acceptors (Lipinski definition) is 4. The number of methoxy groups -OCH3 is 1. The zero-order valence-electron chi connectivity index (χ0n) is 12.2. The number of esters is 1. The fraction of sp³-hybridized carbons (Fsp3) is 0.533. The van der Waals surface area contributed by atoms with Crippen molar-refractivity contribution in [2.75, 3.05) is 20.3 Å².